The molecule has 1 aromatic rings. The van der Waals surface area contributed by atoms with Crippen molar-refractivity contribution < 1.29 is 4.79 Å². The van der Waals surface area contributed by atoms with Gasteiger partial charge in [-0.2, -0.15) is 0 Å². The fourth-order valence-electron chi connectivity index (χ4n) is 2.18. The maximum atomic E-state index is 11.8. The zero-order valence-corrected chi connectivity index (χ0v) is 10.4. The first kappa shape index (κ1) is 11.9. The lowest BCUT2D eigenvalue weighted by atomic mass is 9.95. The van der Waals surface area contributed by atoms with E-state index in [1.165, 1.54) is 0 Å². The van der Waals surface area contributed by atoms with Gasteiger partial charge in [0.2, 0.25) is 5.91 Å². The molecule has 0 saturated carbocycles. The van der Waals surface area contributed by atoms with E-state index in [9.17, 15) is 4.79 Å². The summed E-state index contributed by atoms with van der Waals surface area (Å²) in [6, 6.07) is 5.54. The SMILES string of the molecule is CC(C)C1CC(=O)N(Cc2cccc(N)n2)C1. The molecule has 0 spiro atoms. The fraction of sp³-hybridized carbons (Fsp3) is 0.538. The van der Waals surface area contributed by atoms with Crippen molar-refractivity contribution in [3.8, 4) is 0 Å². The van der Waals surface area contributed by atoms with Crippen molar-refractivity contribution >= 4 is 11.7 Å². The van der Waals surface area contributed by atoms with Gasteiger partial charge in [-0.05, 0) is 24.0 Å². The van der Waals surface area contributed by atoms with E-state index in [0.717, 1.165) is 12.2 Å². The smallest absolute Gasteiger partial charge is 0.223 e. The van der Waals surface area contributed by atoms with Crippen LogP contribution in [0.5, 0.6) is 0 Å². The van der Waals surface area contributed by atoms with E-state index >= 15 is 0 Å². The summed E-state index contributed by atoms with van der Waals surface area (Å²) in [7, 11) is 0. The summed E-state index contributed by atoms with van der Waals surface area (Å²) in [4.78, 5) is 18.0. The van der Waals surface area contributed by atoms with Crippen molar-refractivity contribution in [1.82, 2.24) is 9.88 Å². The van der Waals surface area contributed by atoms with Crippen molar-refractivity contribution in [2.75, 3.05) is 12.3 Å². The molecular weight excluding hydrogens is 214 g/mol. The van der Waals surface area contributed by atoms with E-state index in [2.05, 4.69) is 18.8 Å². The summed E-state index contributed by atoms with van der Waals surface area (Å²) in [6.45, 7) is 5.75. The highest BCUT2D eigenvalue weighted by Gasteiger charge is 2.31. The molecule has 92 valence electrons. The maximum absolute atomic E-state index is 11.8. The first-order valence-corrected chi connectivity index (χ1v) is 6.05. The van der Waals surface area contributed by atoms with E-state index in [4.69, 9.17) is 5.73 Å². The van der Waals surface area contributed by atoms with Gasteiger partial charge < -0.3 is 10.6 Å². The molecule has 4 heteroatoms. The van der Waals surface area contributed by atoms with Crippen molar-refractivity contribution in [3.63, 3.8) is 0 Å². The minimum atomic E-state index is 0.230. The van der Waals surface area contributed by atoms with Gasteiger partial charge >= 0.3 is 0 Å². The Labute approximate surface area is 102 Å². The number of carbonyl (C=O) groups excluding carboxylic acids is 1. The van der Waals surface area contributed by atoms with Crippen molar-refractivity contribution in [1.29, 1.82) is 0 Å². The molecule has 0 aliphatic carbocycles. The molecule has 0 radical (unpaired) electrons. The number of likely N-dealkylation sites (tertiary alicyclic amines) is 1. The van der Waals surface area contributed by atoms with Gasteiger partial charge in [0.1, 0.15) is 5.82 Å². The van der Waals surface area contributed by atoms with Gasteiger partial charge in [0.15, 0.2) is 0 Å². The van der Waals surface area contributed by atoms with Crippen LogP contribution in [0.4, 0.5) is 5.82 Å². The normalized spacial score (nSPS) is 20.3. The Hall–Kier alpha value is -1.58. The Morgan fingerprint density at radius 2 is 2.29 bits per heavy atom. The van der Waals surface area contributed by atoms with Crippen molar-refractivity contribution in [2.45, 2.75) is 26.8 Å². The summed E-state index contributed by atoms with van der Waals surface area (Å²) < 4.78 is 0. The van der Waals surface area contributed by atoms with E-state index < -0.39 is 0 Å². The van der Waals surface area contributed by atoms with Crippen LogP contribution in [-0.4, -0.2) is 22.3 Å². The minimum Gasteiger partial charge on any atom is -0.384 e. The molecule has 1 aliphatic heterocycles. The lowest BCUT2D eigenvalue weighted by Gasteiger charge is -2.17. The van der Waals surface area contributed by atoms with E-state index in [1.807, 2.05) is 17.0 Å². The molecule has 2 rings (SSSR count). The van der Waals surface area contributed by atoms with E-state index in [1.54, 1.807) is 6.07 Å². The van der Waals surface area contributed by atoms with Crippen LogP contribution < -0.4 is 5.73 Å². The lowest BCUT2D eigenvalue weighted by Crippen LogP contribution is -2.25. The zero-order chi connectivity index (χ0) is 12.4. The maximum Gasteiger partial charge on any atom is 0.223 e. The van der Waals surface area contributed by atoms with Crippen LogP contribution in [0.15, 0.2) is 18.2 Å². The summed E-state index contributed by atoms with van der Waals surface area (Å²) >= 11 is 0. The van der Waals surface area contributed by atoms with Crippen LogP contribution in [-0.2, 0) is 11.3 Å². The third kappa shape index (κ3) is 2.75. The van der Waals surface area contributed by atoms with Gasteiger partial charge in [-0.15, -0.1) is 0 Å². The Morgan fingerprint density at radius 1 is 1.53 bits per heavy atom. The Bertz CT molecular complexity index is 417. The number of nitrogens with two attached hydrogens (primary N) is 1. The molecule has 1 saturated heterocycles. The number of aromatic nitrogens is 1. The number of hydrogen-bond donors (Lipinski definition) is 1. The summed E-state index contributed by atoms with van der Waals surface area (Å²) in [5, 5.41) is 0. The number of hydrogen-bond acceptors (Lipinski definition) is 3. The molecule has 1 amide bonds. The number of nitrogen functional groups attached to an aromatic ring is 1. The van der Waals surface area contributed by atoms with Crippen LogP contribution in [0.25, 0.3) is 0 Å². The molecule has 4 nitrogen and oxygen atoms in total. The molecule has 17 heavy (non-hydrogen) atoms. The van der Waals surface area contributed by atoms with Gasteiger partial charge in [0.25, 0.3) is 0 Å². The molecule has 1 unspecified atom stereocenters. The standard InChI is InChI=1S/C13H19N3O/c1-9(2)10-6-13(17)16(7-10)8-11-4-3-5-12(14)15-11/h3-5,9-10H,6-8H2,1-2H3,(H2,14,15). The Kier molecular flexibility index (Phi) is 3.31. The molecule has 1 aromatic heterocycles. The monoisotopic (exact) mass is 233 g/mol. The Balaban J connectivity index is 2.03. The predicted molar refractivity (Wildman–Crippen MR) is 67.0 cm³/mol. The molecular formula is C13H19N3O. The topological polar surface area (TPSA) is 59.2 Å². The minimum absolute atomic E-state index is 0.230. The molecule has 2 heterocycles. The zero-order valence-electron chi connectivity index (χ0n) is 10.4. The first-order valence-electron chi connectivity index (χ1n) is 6.05. The second-order valence-corrected chi connectivity index (χ2v) is 5.04. The van der Waals surface area contributed by atoms with Crippen LogP contribution in [0.3, 0.4) is 0 Å². The molecule has 1 fully saturated rings. The lowest BCUT2D eigenvalue weighted by molar-refractivity contribution is -0.128. The molecule has 1 aliphatic rings. The predicted octanol–water partition coefficient (Wildman–Crippen LogP) is 1.67. The van der Waals surface area contributed by atoms with Crippen LogP contribution >= 0.6 is 0 Å². The largest absolute Gasteiger partial charge is 0.384 e. The van der Waals surface area contributed by atoms with Crippen LogP contribution in [0.1, 0.15) is 26.0 Å². The van der Waals surface area contributed by atoms with Crippen molar-refractivity contribution in [3.05, 3.63) is 23.9 Å². The number of carbonyl (C=O) groups is 1. The summed E-state index contributed by atoms with van der Waals surface area (Å²) in [6.07, 6.45) is 0.667. The third-order valence-corrected chi connectivity index (χ3v) is 3.37. The Morgan fingerprint density at radius 3 is 2.88 bits per heavy atom. The van der Waals surface area contributed by atoms with Gasteiger partial charge in [-0.1, -0.05) is 19.9 Å². The van der Waals surface area contributed by atoms with Crippen LogP contribution in [0, 0.1) is 11.8 Å². The number of pyridine rings is 1. The van der Waals surface area contributed by atoms with Gasteiger partial charge in [-0.3, -0.25) is 4.79 Å². The highest BCUT2D eigenvalue weighted by molar-refractivity contribution is 5.78. The molecule has 0 aromatic carbocycles. The third-order valence-electron chi connectivity index (χ3n) is 3.37. The van der Waals surface area contributed by atoms with E-state index in [0.29, 0.717) is 30.6 Å². The average Bonchev–Trinajstić information content (AvgIpc) is 2.61. The number of nitrogens with zero attached hydrogens (tertiary/aromatic N) is 2. The van der Waals surface area contributed by atoms with Gasteiger partial charge in [0.05, 0.1) is 12.2 Å². The number of amides is 1. The fourth-order valence-corrected chi connectivity index (χ4v) is 2.18. The summed E-state index contributed by atoms with van der Waals surface area (Å²) in [5.41, 5.74) is 6.49. The molecule has 1 atom stereocenters. The average molecular weight is 233 g/mol. The van der Waals surface area contributed by atoms with E-state index in [-0.39, 0.29) is 5.91 Å². The van der Waals surface area contributed by atoms with Crippen LogP contribution in [0.2, 0.25) is 0 Å². The molecule has 2 N–H and O–H groups in total. The number of rotatable bonds is 3. The first-order chi connectivity index (χ1) is 8.06. The molecule has 0 bridgehead atoms. The van der Waals surface area contributed by atoms with Gasteiger partial charge in [-0.25, -0.2) is 4.98 Å². The van der Waals surface area contributed by atoms with Crippen molar-refractivity contribution in [2.24, 2.45) is 11.8 Å². The quantitative estimate of drug-likeness (QED) is 0.864. The second-order valence-electron chi connectivity index (χ2n) is 5.04. The summed E-state index contributed by atoms with van der Waals surface area (Å²) in [5.74, 6) is 1.77. The second kappa shape index (κ2) is 4.73. The highest BCUT2D eigenvalue weighted by atomic mass is 16.2. The highest BCUT2D eigenvalue weighted by Crippen LogP contribution is 2.25. The number of anilines is 1. The van der Waals surface area contributed by atoms with Gasteiger partial charge in [0, 0.05) is 13.0 Å².